The van der Waals surface area contributed by atoms with Gasteiger partial charge in [0.15, 0.2) is 0 Å². The molecule has 2 aliphatic carbocycles. The molecule has 0 atom stereocenters. The first-order valence-electron chi connectivity index (χ1n) is 12.6. The van der Waals surface area contributed by atoms with Gasteiger partial charge in [-0.3, -0.25) is 0 Å². The van der Waals surface area contributed by atoms with Crippen LogP contribution in [0.2, 0.25) is 0 Å². The van der Waals surface area contributed by atoms with E-state index in [4.69, 9.17) is 0 Å². The van der Waals surface area contributed by atoms with Crippen LogP contribution in [0.25, 0.3) is 12.2 Å². The van der Waals surface area contributed by atoms with Crippen molar-refractivity contribution in [1.82, 2.24) is 0 Å². The molecular formula is C28H40Br2. The van der Waals surface area contributed by atoms with Crippen LogP contribution in [0.3, 0.4) is 0 Å². The van der Waals surface area contributed by atoms with E-state index in [1.807, 2.05) is 0 Å². The average Bonchev–Trinajstić information content (AvgIpc) is 3.37. The van der Waals surface area contributed by atoms with E-state index >= 15 is 0 Å². The molecule has 0 radical (unpaired) electrons. The highest BCUT2D eigenvalue weighted by molar-refractivity contribution is 9.11. The molecule has 2 heteroatoms. The Hall–Kier alpha value is -0.340. The second-order valence-electron chi connectivity index (χ2n) is 9.41. The van der Waals surface area contributed by atoms with Gasteiger partial charge in [-0.2, -0.15) is 0 Å². The summed E-state index contributed by atoms with van der Waals surface area (Å²) in [6.45, 7) is 4.58. The molecule has 0 spiro atoms. The fraction of sp³-hybridized carbons (Fsp3) is 0.643. The largest absolute Gasteiger partial charge is 0.0654 e. The minimum Gasteiger partial charge on any atom is -0.0654 e. The Morgan fingerprint density at radius 3 is 1.33 bits per heavy atom. The smallest absolute Gasteiger partial charge is 0.0292 e. The molecule has 3 rings (SSSR count). The van der Waals surface area contributed by atoms with Crippen molar-refractivity contribution >= 4 is 44.0 Å². The minimum atomic E-state index is 1.14. The van der Waals surface area contributed by atoms with Gasteiger partial charge in [0, 0.05) is 8.95 Å². The van der Waals surface area contributed by atoms with Crippen molar-refractivity contribution in [3.05, 3.63) is 42.3 Å². The van der Waals surface area contributed by atoms with Crippen molar-refractivity contribution in [2.24, 2.45) is 0 Å². The summed E-state index contributed by atoms with van der Waals surface area (Å²) in [6.07, 6.45) is 26.3. The molecule has 0 nitrogen and oxygen atoms in total. The fourth-order valence-corrected chi connectivity index (χ4v) is 6.44. The van der Waals surface area contributed by atoms with Crippen LogP contribution in [0.1, 0.15) is 126 Å². The molecule has 0 unspecified atom stereocenters. The van der Waals surface area contributed by atoms with Gasteiger partial charge in [0.2, 0.25) is 0 Å². The number of benzene rings is 1. The van der Waals surface area contributed by atoms with E-state index < -0.39 is 0 Å². The number of fused-ring (bicyclic) bond motifs is 2. The lowest BCUT2D eigenvalue weighted by Crippen LogP contribution is -1.96. The third-order valence-corrected chi connectivity index (χ3v) is 8.67. The molecule has 166 valence electrons. The Labute approximate surface area is 202 Å². The molecule has 0 saturated carbocycles. The lowest BCUT2D eigenvalue weighted by Gasteiger charge is -2.12. The second kappa shape index (κ2) is 12.6. The van der Waals surface area contributed by atoms with Gasteiger partial charge in [0.25, 0.3) is 0 Å². The summed E-state index contributed by atoms with van der Waals surface area (Å²) < 4.78 is 2.73. The van der Waals surface area contributed by atoms with Crippen molar-refractivity contribution in [3.63, 3.8) is 0 Å². The predicted molar refractivity (Wildman–Crippen MR) is 141 cm³/mol. The summed E-state index contributed by atoms with van der Waals surface area (Å²) in [7, 11) is 0. The standard InChI is InChI=1S/C28H40Br2/c1-3-5-7-9-11-13-15-21-17-23-24(18-21)28(30)26-20-22(19-25(26)27(23)29)16-14-12-10-8-6-4-2/h17,20H,3-16,18-19H2,1-2H3. The van der Waals surface area contributed by atoms with E-state index in [0.29, 0.717) is 0 Å². The van der Waals surface area contributed by atoms with Crippen LogP contribution in [0, 0.1) is 0 Å². The van der Waals surface area contributed by atoms with E-state index in [-0.39, 0.29) is 0 Å². The summed E-state index contributed by atoms with van der Waals surface area (Å²) in [5, 5.41) is 0. The number of unbranched alkanes of at least 4 members (excludes halogenated alkanes) is 10. The number of rotatable bonds is 14. The molecule has 0 aliphatic heterocycles. The number of allylic oxidation sites excluding steroid dienone is 2. The summed E-state index contributed by atoms with van der Waals surface area (Å²) in [6, 6.07) is 0. The molecule has 0 aromatic heterocycles. The van der Waals surface area contributed by atoms with Gasteiger partial charge in [-0.05, 0) is 92.6 Å². The molecule has 0 bridgehead atoms. The van der Waals surface area contributed by atoms with Crippen LogP contribution in [0.15, 0.2) is 20.1 Å². The molecule has 30 heavy (non-hydrogen) atoms. The highest BCUT2D eigenvalue weighted by atomic mass is 79.9. The molecule has 0 saturated heterocycles. The Balaban J connectivity index is 1.53. The predicted octanol–water partition coefficient (Wildman–Crippen LogP) is 10.6. The van der Waals surface area contributed by atoms with Crippen LogP contribution < -0.4 is 0 Å². The molecule has 2 aliphatic rings. The van der Waals surface area contributed by atoms with Crippen molar-refractivity contribution in [3.8, 4) is 0 Å². The maximum absolute atomic E-state index is 3.99. The van der Waals surface area contributed by atoms with E-state index in [1.54, 1.807) is 11.1 Å². The zero-order valence-corrected chi connectivity index (χ0v) is 22.4. The number of hydrogen-bond donors (Lipinski definition) is 0. The molecule has 0 N–H and O–H groups in total. The highest BCUT2D eigenvalue weighted by Crippen LogP contribution is 2.46. The fourth-order valence-electron chi connectivity index (χ4n) is 5.02. The van der Waals surface area contributed by atoms with Crippen LogP contribution in [-0.2, 0) is 12.8 Å². The zero-order chi connectivity index (χ0) is 21.3. The summed E-state index contributed by atoms with van der Waals surface area (Å²) in [4.78, 5) is 0. The molecular weight excluding hydrogens is 496 g/mol. The summed E-state index contributed by atoms with van der Waals surface area (Å²) >= 11 is 7.99. The lowest BCUT2D eigenvalue weighted by atomic mass is 10.00. The van der Waals surface area contributed by atoms with Crippen LogP contribution >= 0.6 is 31.9 Å². The topological polar surface area (TPSA) is 0 Å². The van der Waals surface area contributed by atoms with Crippen LogP contribution in [0.4, 0.5) is 0 Å². The Morgan fingerprint density at radius 1 is 0.567 bits per heavy atom. The maximum atomic E-state index is 3.99. The highest BCUT2D eigenvalue weighted by Gasteiger charge is 2.27. The van der Waals surface area contributed by atoms with Crippen LogP contribution in [-0.4, -0.2) is 0 Å². The number of halogens is 2. The van der Waals surface area contributed by atoms with Gasteiger partial charge in [-0.25, -0.2) is 0 Å². The van der Waals surface area contributed by atoms with Gasteiger partial charge in [0.1, 0.15) is 0 Å². The van der Waals surface area contributed by atoms with Crippen molar-refractivity contribution in [1.29, 1.82) is 0 Å². The van der Waals surface area contributed by atoms with Gasteiger partial charge >= 0.3 is 0 Å². The Bertz CT molecular complexity index is 704. The molecule has 1 aromatic rings. The van der Waals surface area contributed by atoms with Crippen molar-refractivity contribution < 1.29 is 0 Å². The van der Waals surface area contributed by atoms with Gasteiger partial charge < -0.3 is 0 Å². The van der Waals surface area contributed by atoms with Crippen molar-refractivity contribution in [2.75, 3.05) is 0 Å². The summed E-state index contributed by atoms with van der Waals surface area (Å²) in [5.74, 6) is 0. The normalized spacial score (nSPS) is 14.7. The Morgan fingerprint density at radius 2 is 0.933 bits per heavy atom. The quantitative estimate of drug-likeness (QED) is 0.208. The SMILES string of the molecule is CCCCCCCCC1=Cc2c(Br)c3c(c(Br)c2C1)C=C(CCCCCCCC)C3. The van der Waals surface area contributed by atoms with Gasteiger partial charge in [-0.1, -0.05) is 101 Å². The third kappa shape index (κ3) is 6.35. The zero-order valence-electron chi connectivity index (χ0n) is 19.2. The van der Waals surface area contributed by atoms with Gasteiger partial charge in [0.05, 0.1) is 0 Å². The van der Waals surface area contributed by atoms with E-state index in [9.17, 15) is 0 Å². The Kier molecular flexibility index (Phi) is 10.2. The van der Waals surface area contributed by atoms with E-state index in [2.05, 4.69) is 57.9 Å². The summed E-state index contributed by atoms with van der Waals surface area (Å²) in [5.41, 5.74) is 9.19. The van der Waals surface area contributed by atoms with E-state index in [1.165, 1.54) is 121 Å². The first-order valence-corrected chi connectivity index (χ1v) is 14.2. The monoisotopic (exact) mass is 534 g/mol. The number of hydrogen-bond acceptors (Lipinski definition) is 0. The molecule has 0 amide bonds. The molecule has 0 heterocycles. The van der Waals surface area contributed by atoms with Crippen molar-refractivity contribution in [2.45, 2.75) is 117 Å². The van der Waals surface area contributed by atoms with E-state index in [0.717, 1.165) is 12.8 Å². The minimum absolute atomic E-state index is 1.14. The first kappa shape index (κ1) is 24.3. The third-order valence-electron chi connectivity index (χ3n) is 6.86. The van der Waals surface area contributed by atoms with Gasteiger partial charge in [-0.15, -0.1) is 0 Å². The lowest BCUT2D eigenvalue weighted by molar-refractivity contribution is 0.605. The second-order valence-corrected chi connectivity index (χ2v) is 11.0. The average molecular weight is 536 g/mol. The first-order chi connectivity index (χ1) is 14.7. The maximum Gasteiger partial charge on any atom is 0.0292 e. The molecule has 1 aromatic carbocycles. The molecule has 0 fully saturated rings. The van der Waals surface area contributed by atoms with Crippen LogP contribution in [0.5, 0.6) is 0 Å².